The first-order chi connectivity index (χ1) is 7.43. The van der Waals surface area contributed by atoms with Gasteiger partial charge in [-0.05, 0) is 30.7 Å². The van der Waals surface area contributed by atoms with Crippen molar-refractivity contribution in [1.29, 1.82) is 0 Å². The topological polar surface area (TPSA) is 21.3 Å². The van der Waals surface area contributed by atoms with Gasteiger partial charge in [-0.1, -0.05) is 6.07 Å². The predicted octanol–water partition coefficient (Wildman–Crippen LogP) is 2.54. The van der Waals surface area contributed by atoms with Gasteiger partial charge in [0.05, 0.1) is 0 Å². The van der Waals surface area contributed by atoms with Crippen LogP contribution in [0.2, 0.25) is 0 Å². The minimum atomic E-state index is 0.432. The molecule has 1 atom stereocenters. The second-order valence-corrected chi connectivity index (χ2v) is 5.21. The maximum Gasteiger partial charge on any atom is 0.125 e. The lowest BCUT2D eigenvalue weighted by Gasteiger charge is -2.15. The third-order valence-corrected chi connectivity index (χ3v) is 4.14. The Hall–Kier alpha value is -0.830. The highest BCUT2D eigenvalue weighted by atomic mass is 32.2. The third kappa shape index (κ3) is 1.81. The Morgan fingerprint density at radius 3 is 3.27 bits per heavy atom. The van der Waals surface area contributed by atoms with Gasteiger partial charge >= 0.3 is 0 Å². The van der Waals surface area contributed by atoms with Crippen LogP contribution < -0.4 is 10.1 Å². The molecule has 1 saturated heterocycles. The normalized spacial score (nSPS) is 23.6. The van der Waals surface area contributed by atoms with E-state index in [1.165, 1.54) is 23.4 Å². The van der Waals surface area contributed by atoms with Crippen LogP contribution in [0.4, 0.5) is 5.69 Å². The molecule has 1 aromatic carbocycles. The first-order valence-corrected chi connectivity index (χ1v) is 6.69. The van der Waals surface area contributed by atoms with Gasteiger partial charge in [0.25, 0.3) is 0 Å². The largest absolute Gasteiger partial charge is 0.489 e. The van der Waals surface area contributed by atoms with E-state index in [1.807, 2.05) is 11.8 Å². The number of rotatable bonds is 2. The van der Waals surface area contributed by atoms with Crippen molar-refractivity contribution >= 4 is 17.4 Å². The molecule has 0 spiro atoms. The molecule has 0 aliphatic carbocycles. The molecule has 2 heterocycles. The summed E-state index contributed by atoms with van der Waals surface area (Å²) < 4.78 is 6.06. The molecule has 1 aromatic rings. The van der Waals surface area contributed by atoms with E-state index >= 15 is 0 Å². The van der Waals surface area contributed by atoms with Crippen molar-refractivity contribution in [2.45, 2.75) is 18.9 Å². The van der Waals surface area contributed by atoms with Crippen molar-refractivity contribution in [1.82, 2.24) is 0 Å². The van der Waals surface area contributed by atoms with Gasteiger partial charge in [0.1, 0.15) is 11.9 Å². The van der Waals surface area contributed by atoms with E-state index in [1.54, 1.807) is 0 Å². The second-order valence-electron chi connectivity index (χ2n) is 4.06. The fraction of sp³-hybridized carbons (Fsp3) is 0.500. The minimum Gasteiger partial charge on any atom is -0.489 e. The number of hydrogen-bond acceptors (Lipinski definition) is 3. The predicted molar refractivity (Wildman–Crippen MR) is 65.0 cm³/mol. The van der Waals surface area contributed by atoms with Crippen LogP contribution in [-0.2, 0) is 6.42 Å². The number of anilines is 1. The van der Waals surface area contributed by atoms with E-state index in [9.17, 15) is 0 Å². The van der Waals surface area contributed by atoms with Gasteiger partial charge in [-0.3, -0.25) is 0 Å². The summed E-state index contributed by atoms with van der Waals surface area (Å²) >= 11 is 1.99. The van der Waals surface area contributed by atoms with E-state index in [4.69, 9.17) is 4.74 Å². The van der Waals surface area contributed by atoms with Crippen LogP contribution >= 0.6 is 11.8 Å². The Labute approximate surface area is 94.4 Å². The molecule has 0 amide bonds. The van der Waals surface area contributed by atoms with Gasteiger partial charge in [0.2, 0.25) is 0 Å². The van der Waals surface area contributed by atoms with Crippen LogP contribution in [0.1, 0.15) is 12.0 Å². The first kappa shape index (κ1) is 9.40. The van der Waals surface area contributed by atoms with Crippen LogP contribution in [0.15, 0.2) is 18.2 Å². The minimum absolute atomic E-state index is 0.432. The maximum atomic E-state index is 6.06. The number of ether oxygens (including phenoxy) is 1. The molecular formula is C12H15NOS. The number of thioether (sulfide) groups is 1. The molecule has 1 N–H and O–H groups in total. The van der Waals surface area contributed by atoms with Crippen LogP contribution in [0.25, 0.3) is 0 Å². The van der Waals surface area contributed by atoms with Crippen molar-refractivity contribution in [3.63, 3.8) is 0 Å². The average molecular weight is 221 g/mol. The van der Waals surface area contributed by atoms with E-state index in [2.05, 4.69) is 23.5 Å². The van der Waals surface area contributed by atoms with Gasteiger partial charge in [0, 0.05) is 23.5 Å². The molecule has 15 heavy (non-hydrogen) atoms. The molecule has 0 bridgehead atoms. The van der Waals surface area contributed by atoms with Crippen LogP contribution in [-0.4, -0.2) is 24.2 Å². The molecule has 2 aliphatic heterocycles. The highest BCUT2D eigenvalue weighted by Gasteiger charge is 2.20. The highest BCUT2D eigenvalue weighted by Crippen LogP contribution is 2.33. The van der Waals surface area contributed by atoms with Gasteiger partial charge in [-0.15, -0.1) is 0 Å². The summed E-state index contributed by atoms with van der Waals surface area (Å²) in [5.41, 5.74) is 2.63. The summed E-state index contributed by atoms with van der Waals surface area (Å²) in [6, 6.07) is 6.32. The Bertz CT molecular complexity index is 361. The quantitative estimate of drug-likeness (QED) is 0.829. The fourth-order valence-electron chi connectivity index (χ4n) is 2.21. The van der Waals surface area contributed by atoms with Crippen LogP contribution in [0.3, 0.4) is 0 Å². The van der Waals surface area contributed by atoms with Gasteiger partial charge in [-0.25, -0.2) is 0 Å². The second kappa shape index (κ2) is 3.97. The molecule has 2 nitrogen and oxygen atoms in total. The molecule has 1 unspecified atom stereocenters. The average Bonchev–Trinajstić information content (AvgIpc) is 2.87. The molecule has 0 aromatic heterocycles. The van der Waals surface area contributed by atoms with Gasteiger partial charge in [0.15, 0.2) is 0 Å². The molecule has 0 saturated carbocycles. The lowest BCUT2D eigenvalue weighted by atomic mass is 10.1. The SMILES string of the molecule is c1cc2c(c(OC3CCSC3)c1)CCN2. The van der Waals surface area contributed by atoms with Crippen LogP contribution in [0, 0.1) is 0 Å². The molecule has 3 rings (SSSR count). The van der Waals surface area contributed by atoms with E-state index in [0.29, 0.717) is 6.10 Å². The van der Waals surface area contributed by atoms with Crippen molar-refractivity contribution < 1.29 is 4.74 Å². The van der Waals surface area contributed by atoms with Crippen molar-refractivity contribution in [3.8, 4) is 5.75 Å². The summed E-state index contributed by atoms with van der Waals surface area (Å²) in [6.07, 6.45) is 2.73. The highest BCUT2D eigenvalue weighted by molar-refractivity contribution is 7.99. The van der Waals surface area contributed by atoms with E-state index < -0.39 is 0 Å². The van der Waals surface area contributed by atoms with Crippen LogP contribution in [0.5, 0.6) is 5.75 Å². The van der Waals surface area contributed by atoms with Gasteiger partial charge in [-0.2, -0.15) is 11.8 Å². The summed E-state index contributed by atoms with van der Waals surface area (Å²) in [7, 11) is 0. The van der Waals surface area contributed by atoms with Crippen molar-refractivity contribution in [2.75, 3.05) is 23.4 Å². The Kier molecular flexibility index (Phi) is 2.49. The fourth-order valence-corrected chi connectivity index (χ4v) is 3.30. The number of nitrogens with one attached hydrogen (secondary N) is 1. The summed E-state index contributed by atoms with van der Waals surface area (Å²) in [5, 5.41) is 3.38. The summed E-state index contributed by atoms with van der Waals surface area (Å²) in [5.74, 6) is 3.50. The number of fused-ring (bicyclic) bond motifs is 1. The standard InChI is InChI=1S/C12H15NOS/c1-2-11-10(4-6-13-11)12(3-1)14-9-5-7-15-8-9/h1-3,9,13H,4-8H2. The molecule has 2 aliphatic rings. The van der Waals surface area contributed by atoms with Gasteiger partial charge < -0.3 is 10.1 Å². The smallest absolute Gasteiger partial charge is 0.125 e. The molecule has 0 radical (unpaired) electrons. The zero-order valence-electron chi connectivity index (χ0n) is 8.66. The Balaban J connectivity index is 1.82. The monoisotopic (exact) mass is 221 g/mol. The van der Waals surface area contributed by atoms with E-state index in [0.717, 1.165) is 24.5 Å². The Morgan fingerprint density at radius 1 is 1.40 bits per heavy atom. The molecule has 3 heteroatoms. The Morgan fingerprint density at radius 2 is 2.40 bits per heavy atom. The summed E-state index contributed by atoms with van der Waals surface area (Å²) in [4.78, 5) is 0. The lowest BCUT2D eigenvalue weighted by Crippen LogP contribution is -2.15. The number of benzene rings is 1. The zero-order valence-corrected chi connectivity index (χ0v) is 9.48. The zero-order chi connectivity index (χ0) is 10.1. The molecule has 80 valence electrons. The molecular weight excluding hydrogens is 206 g/mol. The molecule has 1 fully saturated rings. The summed E-state index contributed by atoms with van der Waals surface area (Å²) in [6.45, 7) is 1.05. The van der Waals surface area contributed by atoms with Crippen molar-refractivity contribution in [3.05, 3.63) is 23.8 Å². The first-order valence-electron chi connectivity index (χ1n) is 5.53. The third-order valence-electron chi connectivity index (χ3n) is 3.01. The number of hydrogen-bond donors (Lipinski definition) is 1. The van der Waals surface area contributed by atoms with E-state index in [-0.39, 0.29) is 0 Å². The maximum absolute atomic E-state index is 6.06. The van der Waals surface area contributed by atoms with Crippen molar-refractivity contribution in [2.24, 2.45) is 0 Å². The lowest BCUT2D eigenvalue weighted by molar-refractivity contribution is 0.227.